The maximum Gasteiger partial charge on any atom is 1.00 e. The second kappa shape index (κ2) is 7.77. The third-order valence-electron chi connectivity index (χ3n) is 0.700. The second-order valence-electron chi connectivity index (χ2n) is 1.65. The van der Waals surface area contributed by atoms with Crippen molar-refractivity contribution in [2.75, 3.05) is 0 Å². The Kier molecular flexibility index (Phi) is 13.5. The molecule has 0 rings (SSSR count). The summed E-state index contributed by atoms with van der Waals surface area (Å²) < 4.78 is 9.95. The van der Waals surface area contributed by atoms with Gasteiger partial charge < -0.3 is 19.5 Å². The summed E-state index contributed by atoms with van der Waals surface area (Å²) >= 11 is 4.95. The average Bonchev–Trinajstić information content (AvgIpc) is 1.62. The molecule has 1 N–H and O–H groups in total. The van der Waals surface area contributed by atoms with Crippen LogP contribution >= 0.6 is 19.2 Å². The number of rotatable bonds is 2. The molecule has 0 aromatic carbocycles. The third-order valence-corrected chi connectivity index (χ3v) is 2.82. The van der Waals surface area contributed by atoms with Crippen LogP contribution in [0.2, 0.25) is 0 Å². The van der Waals surface area contributed by atoms with Crippen molar-refractivity contribution >= 4 is 19.2 Å². The Morgan fingerprint density at radius 3 is 1.73 bits per heavy atom. The van der Waals surface area contributed by atoms with Gasteiger partial charge in [0, 0.05) is 0 Å². The Bertz CT molecular complexity index is 137. The third kappa shape index (κ3) is 8.72. The van der Waals surface area contributed by atoms with Gasteiger partial charge in [-0.25, -0.2) is 0 Å². The van der Waals surface area contributed by atoms with Crippen molar-refractivity contribution in [3.8, 4) is 0 Å². The van der Waals surface area contributed by atoms with Crippen LogP contribution in [-0.4, -0.2) is 16.3 Å². The van der Waals surface area contributed by atoms with E-state index in [0.29, 0.717) is 0 Å². The van der Waals surface area contributed by atoms with Gasteiger partial charge in [0.2, 0.25) is 0 Å². The largest absolute Gasteiger partial charge is 1.00 e. The molecule has 0 aliphatic heterocycles. The molecule has 0 saturated carbocycles. The predicted octanol–water partition coefficient (Wildman–Crippen LogP) is -7.15. The molecule has 11 heavy (non-hydrogen) atoms. The molecule has 4 nitrogen and oxygen atoms in total. The Balaban J connectivity index is -0.000000320. The summed E-state index contributed by atoms with van der Waals surface area (Å²) in [6, 6.07) is 0. The topological polar surface area (TPSA) is 83.4 Å². The van der Waals surface area contributed by atoms with Crippen LogP contribution in [0, 0.1) is 0 Å². The summed E-state index contributed by atoms with van der Waals surface area (Å²) in [5.74, 6) is 0. The molecule has 0 aliphatic carbocycles. The van der Waals surface area contributed by atoms with Gasteiger partial charge in [-0.2, -0.15) is 0 Å². The van der Waals surface area contributed by atoms with E-state index in [1.807, 2.05) is 0 Å². The summed E-state index contributed by atoms with van der Waals surface area (Å²) in [5.41, 5.74) is 0. The van der Waals surface area contributed by atoms with Crippen LogP contribution in [-0.2, 0) is 4.57 Å². The van der Waals surface area contributed by atoms with E-state index in [-0.39, 0.29) is 59.1 Å². The minimum Gasteiger partial charge on any atom is -0.810 e. The maximum absolute atomic E-state index is 9.95. The molecule has 0 aliphatic rings. The molecule has 0 aromatic rings. The fourth-order valence-corrected chi connectivity index (χ4v) is 0.793. The van der Waals surface area contributed by atoms with Crippen molar-refractivity contribution < 1.29 is 78.6 Å². The van der Waals surface area contributed by atoms with Gasteiger partial charge in [-0.3, -0.25) is 0 Å². The van der Waals surface area contributed by atoms with Crippen LogP contribution in [0.4, 0.5) is 0 Å². The van der Waals surface area contributed by atoms with E-state index in [9.17, 15) is 14.4 Å². The normalized spacial score (nSPS) is 15.7. The molecule has 0 bridgehead atoms. The van der Waals surface area contributed by atoms with Gasteiger partial charge in [-0.15, -0.1) is 11.6 Å². The van der Waals surface area contributed by atoms with Gasteiger partial charge >= 0.3 is 59.1 Å². The molecule has 0 heterocycles. The fraction of sp³-hybridized carbons (Fsp3) is 1.00. The van der Waals surface area contributed by atoms with Crippen molar-refractivity contribution in [3.63, 3.8) is 0 Å². The number of hydrogen-bond acceptors (Lipinski definition) is 4. The molecule has 0 spiro atoms. The van der Waals surface area contributed by atoms with Crippen LogP contribution in [0.1, 0.15) is 6.92 Å². The van der Waals surface area contributed by atoms with Gasteiger partial charge in [-0.1, -0.05) is 0 Å². The SMILES string of the molecule is C[C@H](O)[C@@H](Cl)P(=O)([O-])[O-].[Na+].[Na+]. The zero-order chi connectivity index (χ0) is 7.65. The summed E-state index contributed by atoms with van der Waals surface area (Å²) in [6.07, 6.45) is -1.31. The first-order valence-electron chi connectivity index (χ1n) is 2.19. The number of aliphatic hydroxyl groups is 1. The summed E-state index contributed by atoms with van der Waals surface area (Å²) in [5, 5.41) is 6.74. The standard InChI is InChI=1S/C3H8ClO4P.2Na/c1-2(5)3(4)9(6,7)8;;/h2-3,5H,1H3,(H2,6,7,8);;/q;2*+1/p-2/t2-,3-;;/m0../s1. The quantitative estimate of drug-likeness (QED) is 0.284. The molecule has 8 heteroatoms. The number of hydrogen-bond donors (Lipinski definition) is 1. The van der Waals surface area contributed by atoms with E-state index in [2.05, 4.69) is 0 Å². The maximum atomic E-state index is 9.95. The first-order valence-corrected chi connectivity index (χ1v) is 4.24. The van der Waals surface area contributed by atoms with Gasteiger partial charge in [0.05, 0.1) is 11.2 Å². The minimum atomic E-state index is -4.80. The minimum absolute atomic E-state index is 0. The molecule has 0 unspecified atom stereocenters. The van der Waals surface area contributed by atoms with Gasteiger partial charge in [0.25, 0.3) is 0 Å². The van der Waals surface area contributed by atoms with Crippen molar-refractivity contribution in [3.05, 3.63) is 0 Å². The monoisotopic (exact) mass is 218 g/mol. The number of alkyl halides is 1. The molecule has 0 amide bonds. The van der Waals surface area contributed by atoms with Crippen LogP contribution < -0.4 is 68.9 Å². The van der Waals surface area contributed by atoms with Gasteiger partial charge in [0.15, 0.2) is 0 Å². The van der Waals surface area contributed by atoms with E-state index < -0.39 is 18.8 Å². The van der Waals surface area contributed by atoms with E-state index in [0.717, 1.165) is 6.92 Å². The molecule has 0 saturated heterocycles. The Morgan fingerprint density at radius 2 is 1.73 bits per heavy atom. The van der Waals surface area contributed by atoms with E-state index in [4.69, 9.17) is 16.7 Å². The molecule has 56 valence electrons. The molecule has 0 radical (unpaired) electrons. The van der Waals surface area contributed by atoms with Crippen molar-refractivity contribution in [2.24, 2.45) is 0 Å². The van der Waals surface area contributed by atoms with Crippen molar-refractivity contribution in [1.82, 2.24) is 0 Å². The van der Waals surface area contributed by atoms with Gasteiger partial charge in [0.1, 0.15) is 0 Å². The van der Waals surface area contributed by atoms with Crippen LogP contribution in [0.5, 0.6) is 0 Å². The fourth-order valence-electron chi connectivity index (χ4n) is 0.264. The van der Waals surface area contributed by atoms with Gasteiger partial charge in [-0.05, 0) is 14.5 Å². The Morgan fingerprint density at radius 1 is 1.45 bits per heavy atom. The molecule has 0 aromatic heterocycles. The van der Waals surface area contributed by atoms with E-state index in [1.165, 1.54) is 0 Å². The smallest absolute Gasteiger partial charge is 0.810 e. The van der Waals surface area contributed by atoms with Crippen molar-refractivity contribution in [1.29, 1.82) is 0 Å². The summed E-state index contributed by atoms with van der Waals surface area (Å²) in [6.45, 7) is 1.14. The van der Waals surface area contributed by atoms with Crippen LogP contribution in [0.25, 0.3) is 0 Å². The van der Waals surface area contributed by atoms with Crippen LogP contribution in [0.3, 0.4) is 0 Å². The summed E-state index contributed by atoms with van der Waals surface area (Å²) in [4.78, 5) is 19.9. The van der Waals surface area contributed by atoms with E-state index in [1.54, 1.807) is 0 Å². The molecular weight excluding hydrogens is 212 g/mol. The molecule has 2 atom stereocenters. The Labute approximate surface area is 114 Å². The first-order chi connectivity index (χ1) is 3.85. The number of aliphatic hydroxyl groups excluding tert-OH is 1. The predicted molar refractivity (Wildman–Crippen MR) is 28.9 cm³/mol. The molecular formula is C3H6ClNa2O4P. The first kappa shape index (κ1) is 19.0. The average molecular weight is 218 g/mol. The Hall–Kier alpha value is 2.40. The summed E-state index contributed by atoms with van der Waals surface area (Å²) in [7, 11) is -4.80. The zero-order valence-electron chi connectivity index (χ0n) is 6.65. The second-order valence-corrected chi connectivity index (χ2v) is 4.06. The van der Waals surface area contributed by atoms with E-state index >= 15 is 0 Å². The number of halogens is 1. The van der Waals surface area contributed by atoms with Crippen molar-refractivity contribution in [2.45, 2.75) is 18.1 Å². The molecule has 0 fully saturated rings. The zero-order valence-corrected chi connectivity index (χ0v) is 12.3. The van der Waals surface area contributed by atoms with Crippen LogP contribution in [0.15, 0.2) is 0 Å².